The average molecular weight is 343 g/mol. The van der Waals surface area contributed by atoms with Crippen LogP contribution >= 0.6 is 0 Å². The lowest BCUT2D eigenvalue weighted by Crippen LogP contribution is -2.15. The highest BCUT2D eigenvalue weighted by molar-refractivity contribution is 5.86. The van der Waals surface area contributed by atoms with E-state index in [0.29, 0.717) is 12.5 Å². The molecule has 3 atom stereocenters. The van der Waals surface area contributed by atoms with Crippen molar-refractivity contribution in [2.75, 3.05) is 20.8 Å². The number of benzene rings is 1. The van der Waals surface area contributed by atoms with Gasteiger partial charge in [0.2, 0.25) is 0 Å². The van der Waals surface area contributed by atoms with Crippen LogP contribution in [0, 0.1) is 11.8 Å². The van der Waals surface area contributed by atoms with Crippen LogP contribution in [0.15, 0.2) is 43.2 Å². The Bertz CT molecular complexity index is 686. The summed E-state index contributed by atoms with van der Waals surface area (Å²) in [5.74, 6) is 1.27. The summed E-state index contributed by atoms with van der Waals surface area (Å²) in [5, 5.41) is 13.0. The minimum absolute atomic E-state index is 0.165. The van der Waals surface area contributed by atoms with E-state index >= 15 is 0 Å². The molecule has 0 radical (unpaired) electrons. The maximum atomic E-state index is 11.0. The number of ether oxygens (including phenoxy) is 2. The summed E-state index contributed by atoms with van der Waals surface area (Å²) in [6.07, 6.45) is 7.74. The maximum absolute atomic E-state index is 11.0. The molecule has 1 aromatic carbocycles. The number of rotatable bonds is 10. The monoisotopic (exact) mass is 343 g/mol. The molecule has 0 saturated heterocycles. The summed E-state index contributed by atoms with van der Waals surface area (Å²) >= 11 is 0. The van der Waals surface area contributed by atoms with E-state index in [9.17, 15) is 5.11 Å². The molecule has 0 aliphatic carbocycles. The van der Waals surface area contributed by atoms with Crippen molar-refractivity contribution in [2.24, 2.45) is 11.8 Å². The van der Waals surface area contributed by atoms with E-state index < -0.39 is 6.10 Å². The zero-order valence-electron chi connectivity index (χ0n) is 15.4. The van der Waals surface area contributed by atoms with Crippen LogP contribution in [0.2, 0.25) is 0 Å². The lowest BCUT2D eigenvalue weighted by molar-refractivity contribution is 0.0929. The molecule has 1 aromatic heterocycles. The minimum Gasteiger partial charge on any atom is -0.497 e. The van der Waals surface area contributed by atoms with Crippen molar-refractivity contribution in [1.82, 2.24) is 4.98 Å². The maximum Gasteiger partial charge on any atom is 0.119 e. The van der Waals surface area contributed by atoms with Crippen LogP contribution in [0.25, 0.3) is 10.8 Å². The summed E-state index contributed by atoms with van der Waals surface area (Å²) in [6, 6.07) is 5.86. The van der Waals surface area contributed by atoms with E-state index in [0.717, 1.165) is 41.3 Å². The highest BCUT2D eigenvalue weighted by Crippen LogP contribution is 2.34. The van der Waals surface area contributed by atoms with Crippen LogP contribution in [0.5, 0.6) is 5.75 Å². The van der Waals surface area contributed by atoms with Gasteiger partial charge in [-0.2, -0.15) is 0 Å². The molecule has 4 heteroatoms. The first-order valence-electron chi connectivity index (χ1n) is 8.85. The average Bonchev–Trinajstić information content (AvgIpc) is 2.66. The second-order valence-corrected chi connectivity index (χ2v) is 6.46. The van der Waals surface area contributed by atoms with E-state index in [1.165, 1.54) is 0 Å². The van der Waals surface area contributed by atoms with Crippen molar-refractivity contribution in [1.29, 1.82) is 0 Å². The molecule has 2 rings (SSSR count). The Hall–Kier alpha value is -1.91. The first kappa shape index (κ1) is 19.4. The molecule has 0 fully saturated rings. The standard InChI is InChI=1S/C21H29NO3/c1-5-15(14-24-3)7-8-16(6-2)21(23)20-13-22-12-17-9-10-18(25-4)11-19(17)20/h5,9-13,15-16,21,23H,1,6-8,14H2,2-4H3/t15-,16?,21?/m1/s1. The molecule has 2 aromatic rings. The molecular weight excluding hydrogens is 314 g/mol. The van der Waals surface area contributed by atoms with Crippen molar-refractivity contribution in [3.05, 3.63) is 48.8 Å². The van der Waals surface area contributed by atoms with E-state index in [1.54, 1.807) is 20.4 Å². The molecule has 1 N–H and O–H groups in total. The number of fused-ring (bicyclic) bond motifs is 1. The van der Waals surface area contributed by atoms with Crippen LogP contribution in [0.1, 0.15) is 37.9 Å². The van der Waals surface area contributed by atoms with Crippen molar-refractivity contribution < 1.29 is 14.6 Å². The normalized spacial score (nSPS) is 14.9. The smallest absolute Gasteiger partial charge is 0.119 e. The third kappa shape index (κ3) is 4.80. The van der Waals surface area contributed by atoms with Crippen molar-refractivity contribution in [2.45, 2.75) is 32.3 Å². The molecule has 25 heavy (non-hydrogen) atoms. The summed E-state index contributed by atoms with van der Waals surface area (Å²) in [7, 11) is 3.36. The van der Waals surface area contributed by atoms with Crippen molar-refractivity contribution >= 4 is 10.8 Å². The van der Waals surface area contributed by atoms with Gasteiger partial charge in [-0.15, -0.1) is 6.58 Å². The lowest BCUT2D eigenvalue weighted by Gasteiger charge is -2.24. The van der Waals surface area contributed by atoms with Gasteiger partial charge in [0, 0.05) is 30.5 Å². The summed E-state index contributed by atoms with van der Waals surface area (Å²) in [4.78, 5) is 4.31. The zero-order chi connectivity index (χ0) is 18.2. The summed E-state index contributed by atoms with van der Waals surface area (Å²) in [5.41, 5.74) is 0.866. The first-order chi connectivity index (χ1) is 12.1. The third-order valence-corrected chi connectivity index (χ3v) is 4.91. The topological polar surface area (TPSA) is 51.6 Å². The Morgan fingerprint density at radius 1 is 1.24 bits per heavy atom. The Balaban J connectivity index is 2.23. The second kappa shape index (κ2) is 9.54. The van der Waals surface area contributed by atoms with E-state index in [-0.39, 0.29) is 5.92 Å². The van der Waals surface area contributed by atoms with Crippen LogP contribution in [-0.2, 0) is 4.74 Å². The van der Waals surface area contributed by atoms with Gasteiger partial charge in [0.05, 0.1) is 19.8 Å². The SMILES string of the molecule is C=C[C@H](CCC(CC)C(O)c1cncc2ccc(OC)cc12)COC. The molecule has 0 aliphatic rings. The van der Waals surface area contributed by atoms with Crippen LogP contribution in [0.4, 0.5) is 0 Å². The van der Waals surface area contributed by atoms with Gasteiger partial charge in [0.1, 0.15) is 5.75 Å². The molecule has 0 amide bonds. The minimum atomic E-state index is -0.554. The van der Waals surface area contributed by atoms with Crippen molar-refractivity contribution in [3.63, 3.8) is 0 Å². The quantitative estimate of drug-likeness (QED) is 0.644. The number of hydrogen-bond donors (Lipinski definition) is 1. The van der Waals surface area contributed by atoms with E-state index in [2.05, 4.69) is 18.5 Å². The van der Waals surface area contributed by atoms with Gasteiger partial charge in [-0.05, 0) is 48.3 Å². The lowest BCUT2D eigenvalue weighted by atomic mass is 9.86. The van der Waals surface area contributed by atoms with Crippen molar-refractivity contribution in [3.8, 4) is 5.75 Å². The highest BCUT2D eigenvalue weighted by atomic mass is 16.5. The Morgan fingerprint density at radius 3 is 2.68 bits per heavy atom. The van der Waals surface area contributed by atoms with Crippen LogP contribution < -0.4 is 4.74 Å². The van der Waals surface area contributed by atoms with Gasteiger partial charge in [-0.3, -0.25) is 4.98 Å². The molecule has 1 heterocycles. The number of pyridine rings is 1. The molecule has 0 spiro atoms. The Labute approximate surface area is 150 Å². The molecule has 0 saturated carbocycles. The second-order valence-electron chi connectivity index (χ2n) is 6.46. The van der Waals surface area contributed by atoms with E-state index in [4.69, 9.17) is 9.47 Å². The van der Waals surface area contributed by atoms with Crippen LogP contribution in [-0.4, -0.2) is 30.9 Å². The molecule has 136 valence electrons. The molecule has 0 bridgehead atoms. The number of aromatic nitrogens is 1. The molecular formula is C21H29NO3. The molecule has 0 aliphatic heterocycles. The van der Waals surface area contributed by atoms with Gasteiger partial charge >= 0.3 is 0 Å². The summed E-state index contributed by atoms with van der Waals surface area (Å²) < 4.78 is 10.6. The first-order valence-corrected chi connectivity index (χ1v) is 8.85. The number of hydrogen-bond acceptors (Lipinski definition) is 4. The highest BCUT2D eigenvalue weighted by Gasteiger charge is 2.22. The predicted molar refractivity (Wildman–Crippen MR) is 102 cm³/mol. The van der Waals surface area contributed by atoms with Gasteiger partial charge < -0.3 is 14.6 Å². The fourth-order valence-corrected chi connectivity index (χ4v) is 3.28. The van der Waals surface area contributed by atoms with Crippen LogP contribution in [0.3, 0.4) is 0 Å². The molecule has 2 unspecified atom stereocenters. The zero-order valence-corrected chi connectivity index (χ0v) is 15.4. The van der Waals surface area contributed by atoms with Gasteiger partial charge in [-0.25, -0.2) is 0 Å². The largest absolute Gasteiger partial charge is 0.497 e. The molecule has 4 nitrogen and oxygen atoms in total. The van der Waals surface area contributed by atoms with Gasteiger partial charge in [0.15, 0.2) is 0 Å². The number of aliphatic hydroxyl groups is 1. The predicted octanol–water partition coefficient (Wildman–Crippen LogP) is 4.53. The fourth-order valence-electron chi connectivity index (χ4n) is 3.28. The number of aliphatic hydroxyl groups excluding tert-OH is 1. The third-order valence-electron chi connectivity index (χ3n) is 4.91. The van der Waals surface area contributed by atoms with Gasteiger partial charge in [-0.1, -0.05) is 19.4 Å². The van der Waals surface area contributed by atoms with E-state index in [1.807, 2.05) is 30.5 Å². The number of methoxy groups -OCH3 is 2. The van der Waals surface area contributed by atoms with Gasteiger partial charge in [0.25, 0.3) is 0 Å². The number of nitrogens with zero attached hydrogens (tertiary/aromatic N) is 1. The summed E-state index contributed by atoms with van der Waals surface area (Å²) in [6.45, 7) is 6.67. The Morgan fingerprint density at radius 2 is 2.04 bits per heavy atom. The Kier molecular flexibility index (Phi) is 7.41. The fraction of sp³-hybridized carbons (Fsp3) is 0.476.